The van der Waals surface area contributed by atoms with Gasteiger partial charge in [-0.1, -0.05) is 22.6 Å². The summed E-state index contributed by atoms with van der Waals surface area (Å²) in [6.07, 6.45) is 0. The lowest BCUT2D eigenvalue weighted by Crippen LogP contribution is -2.00. The summed E-state index contributed by atoms with van der Waals surface area (Å²) >= 11 is 1.26. The number of tetrazole rings is 1. The molecule has 0 unspecified atom stereocenters. The van der Waals surface area contributed by atoms with Gasteiger partial charge in [0, 0.05) is 0 Å². The van der Waals surface area contributed by atoms with E-state index in [-0.39, 0.29) is 5.82 Å². The maximum Gasteiger partial charge on any atom is 0.193 e. The van der Waals surface area contributed by atoms with Gasteiger partial charge in [-0.3, -0.25) is 0 Å². The molecular formula is C9H7FN6S. The zero-order chi connectivity index (χ0) is 11.7. The van der Waals surface area contributed by atoms with E-state index < -0.39 is 0 Å². The molecule has 0 radical (unpaired) electrons. The van der Waals surface area contributed by atoms with Gasteiger partial charge < -0.3 is 5.32 Å². The molecule has 2 aromatic heterocycles. The lowest BCUT2D eigenvalue weighted by Gasteiger charge is -1.95. The van der Waals surface area contributed by atoms with E-state index in [2.05, 4.69) is 30.9 Å². The smallest absolute Gasteiger partial charge is 0.193 e. The molecule has 86 valence electrons. The van der Waals surface area contributed by atoms with E-state index in [1.807, 2.05) is 0 Å². The van der Waals surface area contributed by atoms with Crippen molar-refractivity contribution < 1.29 is 4.39 Å². The van der Waals surface area contributed by atoms with Gasteiger partial charge in [-0.2, -0.15) is 5.21 Å². The number of hydrogen-bond donors (Lipinski definition) is 2. The summed E-state index contributed by atoms with van der Waals surface area (Å²) in [5.41, 5.74) is 0.644. The Bertz CT molecular complexity index is 634. The number of hydrogen-bond acceptors (Lipinski definition) is 6. The van der Waals surface area contributed by atoms with Crippen molar-refractivity contribution in [2.24, 2.45) is 0 Å². The third kappa shape index (κ3) is 1.94. The highest BCUT2D eigenvalue weighted by atomic mass is 32.1. The van der Waals surface area contributed by atoms with Crippen LogP contribution in [0.5, 0.6) is 0 Å². The topological polar surface area (TPSA) is 79.4 Å². The van der Waals surface area contributed by atoms with Gasteiger partial charge in [-0.25, -0.2) is 9.37 Å². The van der Waals surface area contributed by atoms with E-state index in [0.29, 0.717) is 27.7 Å². The first-order valence-corrected chi connectivity index (χ1v) is 5.66. The van der Waals surface area contributed by atoms with E-state index in [1.165, 1.54) is 17.4 Å². The van der Waals surface area contributed by atoms with Gasteiger partial charge in [0.05, 0.1) is 16.8 Å². The summed E-state index contributed by atoms with van der Waals surface area (Å²) in [5, 5.41) is 17.0. The van der Waals surface area contributed by atoms with Crippen LogP contribution in [0.1, 0.15) is 5.82 Å². The van der Waals surface area contributed by atoms with Gasteiger partial charge in [-0.05, 0) is 12.1 Å². The molecule has 0 saturated carbocycles. The van der Waals surface area contributed by atoms with Crippen LogP contribution >= 0.6 is 11.3 Å². The summed E-state index contributed by atoms with van der Waals surface area (Å²) < 4.78 is 14.0. The summed E-state index contributed by atoms with van der Waals surface area (Å²) in [5.74, 6) is 0.275. The molecule has 0 aliphatic rings. The number of H-pyrrole nitrogens is 1. The molecule has 8 heteroatoms. The van der Waals surface area contributed by atoms with E-state index in [1.54, 1.807) is 12.1 Å². The molecule has 3 rings (SSSR count). The number of rotatable bonds is 3. The maximum atomic E-state index is 13.4. The first kappa shape index (κ1) is 10.1. The molecule has 17 heavy (non-hydrogen) atoms. The fourth-order valence-electron chi connectivity index (χ4n) is 1.40. The van der Waals surface area contributed by atoms with E-state index >= 15 is 0 Å². The lowest BCUT2D eigenvalue weighted by molar-refractivity contribution is 0.641. The number of nitrogens with zero attached hydrogens (tertiary/aromatic N) is 4. The van der Waals surface area contributed by atoms with Crippen LogP contribution in [-0.4, -0.2) is 25.6 Å². The molecule has 0 bridgehead atoms. The zero-order valence-corrected chi connectivity index (χ0v) is 9.33. The van der Waals surface area contributed by atoms with Crippen LogP contribution in [0.3, 0.4) is 0 Å². The second-order valence-electron chi connectivity index (χ2n) is 3.29. The number of aromatic amines is 1. The second kappa shape index (κ2) is 4.06. The molecule has 1 aromatic carbocycles. The number of benzene rings is 1. The fraction of sp³-hybridized carbons (Fsp3) is 0.111. The third-order valence-corrected chi connectivity index (χ3v) is 3.19. The van der Waals surface area contributed by atoms with Gasteiger partial charge in [0.15, 0.2) is 11.0 Å². The van der Waals surface area contributed by atoms with Crippen molar-refractivity contribution in [3.63, 3.8) is 0 Å². The van der Waals surface area contributed by atoms with E-state index in [4.69, 9.17) is 0 Å². The van der Waals surface area contributed by atoms with Gasteiger partial charge in [0.1, 0.15) is 5.82 Å². The van der Waals surface area contributed by atoms with Crippen molar-refractivity contribution in [3.05, 3.63) is 29.8 Å². The average Bonchev–Trinajstić information content (AvgIpc) is 2.95. The number of aromatic nitrogens is 5. The maximum absolute atomic E-state index is 13.4. The Kier molecular flexibility index (Phi) is 2.41. The summed E-state index contributed by atoms with van der Waals surface area (Å²) in [7, 11) is 0. The van der Waals surface area contributed by atoms with Crippen LogP contribution in [0.2, 0.25) is 0 Å². The Morgan fingerprint density at radius 2 is 2.35 bits per heavy atom. The predicted molar refractivity (Wildman–Crippen MR) is 61.1 cm³/mol. The Hall–Kier alpha value is -2.09. The monoisotopic (exact) mass is 250 g/mol. The van der Waals surface area contributed by atoms with Gasteiger partial charge >= 0.3 is 0 Å². The van der Waals surface area contributed by atoms with Gasteiger partial charge in [0.2, 0.25) is 0 Å². The summed E-state index contributed by atoms with van der Waals surface area (Å²) in [6.45, 7) is 0.401. The summed E-state index contributed by atoms with van der Waals surface area (Å²) in [6, 6.07) is 4.83. The normalized spacial score (nSPS) is 10.9. The second-order valence-corrected chi connectivity index (χ2v) is 4.29. The molecule has 0 amide bonds. The molecule has 0 saturated heterocycles. The van der Waals surface area contributed by atoms with Gasteiger partial charge in [0.25, 0.3) is 0 Å². The SMILES string of the molecule is Fc1cccc2nc(NCc3nn[nH]n3)sc12. The van der Waals surface area contributed by atoms with Crippen LogP contribution in [0.4, 0.5) is 9.52 Å². The van der Waals surface area contributed by atoms with Crippen LogP contribution in [0.15, 0.2) is 18.2 Å². The van der Waals surface area contributed by atoms with Crippen molar-refractivity contribution in [2.75, 3.05) is 5.32 Å². The molecule has 2 heterocycles. The lowest BCUT2D eigenvalue weighted by atomic mass is 10.3. The quantitative estimate of drug-likeness (QED) is 0.737. The average molecular weight is 250 g/mol. The fourth-order valence-corrected chi connectivity index (χ4v) is 2.27. The van der Waals surface area contributed by atoms with Crippen molar-refractivity contribution >= 4 is 26.7 Å². The first-order chi connectivity index (χ1) is 8.33. The van der Waals surface area contributed by atoms with Crippen LogP contribution in [-0.2, 0) is 6.54 Å². The minimum atomic E-state index is -0.257. The highest BCUT2D eigenvalue weighted by molar-refractivity contribution is 7.22. The molecule has 2 N–H and O–H groups in total. The largest absolute Gasteiger partial charge is 0.354 e. The highest BCUT2D eigenvalue weighted by Crippen LogP contribution is 2.27. The third-order valence-electron chi connectivity index (χ3n) is 2.15. The molecular weight excluding hydrogens is 243 g/mol. The number of fused-ring (bicyclic) bond motifs is 1. The van der Waals surface area contributed by atoms with Crippen LogP contribution in [0.25, 0.3) is 10.2 Å². The highest BCUT2D eigenvalue weighted by Gasteiger charge is 2.07. The number of halogens is 1. The van der Waals surface area contributed by atoms with E-state index in [9.17, 15) is 4.39 Å². The Balaban J connectivity index is 1.84. The van der Waals surface area contributed by atoms with Crippen molar-refractivity contribution in [1.82, 2.24) is 25.6 Å². The molecule has 0 atom stereocenters. The predicted octanol–water partition coefficient (Wildman–Crippen LogP) is 1.56. The van der Waals surface area contributed by atoms with Crippen LogP contribution < -0.4 is 5.32 Å². The minimum Gasteiger partial charge on any atom is -0.354 e. The number of thiazole rings is 1. The van der Waals surface area contributed by atoms with Crippen LogP contribution in [0, 0.1) is 5.82 Å². The molecule has 0 fully saturated rings. The number of anilines is 1. The Morgan fingerprint density at radius 1 is 1.41 bits per heavy atom. The molecule has 3 aromatic rings. The van der Waals surface area contributed by atoms with E-state index in [0.717, 1.165) is 0 Å². The molecule has 0 spiro atoms. The van der Waals surface area contributed by atoms with Crippen molar-refractivity contribution in [2.45, 2.75) is 6.54 Å². The van der Waals surface area contributed by atoms with Crippen molar-refractivity contribution in [3.8, 4) is 0 Å². The van der Waals surface area contributed by atoms with Crippen molar-refractivity contribution in [1.29, 1.82) is 0 Å². The first-order valence-electron chi connectivity index (χ1n) is 4.84. The minimum absolute atomic E-state index is 0.257. The molecule has 6 nitrogen and oxygen atoms in total. The standard InChI is InChI=1S/C9H7FN6S/c10-5-2-1-3-6-8(5)17-9(12-6)11-4-7-13-15-16-14-7/h1-3H,4H2,(H,11,12)(H,13,14,15,16). The van der Waals surface area contributed by atoms with Gasteiger partial charge in [-0.15, -0.1) is 10.2 Å². The Labute approximate surface area is 98.9 Å². The molecule has 0 aliphatic heterocycles. The number of nitrogens with one attached hydrogen (secondary N) is 2. The zero-order valence-electron chi connectivity index (χ0n) is 8.51. The Morgan fingerprint density at radius 3 is 3.12 bits per heavy atom. The molecule has 0 aliphatic carbocycles. The summed E-state index contributed by atoms with van der Waals surface area (Å²) in [4.78, 5) is 4.25.